The summed E-state index contributed by atoms with van der Waals surface area (Å²) in [6.07, 6.45) is -3.98. The summed E-state index contributed by atoms with van der Waals surface area (Å²) in [5, 5.41) is -0.475. The summed E-state index contributed by atoms with van der Waals surface area (Å²) in [4.78, 5) is 0. The van der Waals surface area contributed by atoms with Gasteiger partial charge in [-0.3, -0.25) is 4.21 Å². The van der Waals surface area contributed by atoms with Gasteiger partial charge in [0.15, 0.2) is 0 Å². The molecule has 74 valence electrons. The molecule has 0 aliphatic rings. The third kappa shape index (κ3) is 5.54. The highest BCUT2D eigenvalue weighted by Gasteiger charge is 2.31. The summed E-state index contributed by atoms with van der Waals surface area (Å²) < 4.78 is 45.9. The van der Waals surface area contributed by atoms with Gasteiger partial charge in [-0.1, -0.05) is 6.92 Å². The number of rotatable bonds is 4. The van der Waals surface area contributed by atoms with E-state index >= 15 is 0 Å². The zero-order valence-corrected chi connectivity index (χ0v) is 7.54. The van der Waals surface area contributed by atoms with Crippen LogP contribution in [-0.4, -0.2) is 27.9 Å². The van der Waals surface area contributed by atoms with Crippen molar-refractivity contribution in [3.05, 3.63) is 0 Å². The van der Waals surface area contributed by atoms with Crippen molar-refractivity contribution in [3.63, 3.8) is 0 Å². The molecule has 0 saturated carbocycles. The van der Waals surface area contributed by atoms with E-state index < -0.39 is 28.0 Å². The topological polar surface area (TPSA) is 43.1 Å². The second-order valence-electron chi connectivity index (χ2n) is 2.53. The molecule has 2 atom stereocenters. The minimum atomic E-state index is -4.34. The average molecular weight is 203 g/mol. The number of hydrogen-bond acceptors (Lipinski definition) is 2. The molecule has 2 N–H and O–H groups in total. The van der Waals surface area contributed by atoms with E-state index in [-0.39, 0.29) is 6.54 Å². The van der Waals surface area contributed by atoms with Crippen LogP contribution in [0.1, 0.15) is 13.3 Å². The molecular weight excluding hydrogens is 191 g/mol. The van der Waals surface area contributed by atoms with Gasteiger partial charge in [-0.05, 0) is 13.0 Å². The van der Waals surface area contributed by atoms with Crippen molar-refractivity contribution < 1.29 is 17.4 Å². The van der Waals surface area contributed by atoms with Crippen molar-refractivity contribution in [2.24, 2.45) is 5.73 Å². The fourth-order valence-electron chi connectivity index (χ4n) is 0.670. The Bertz CT molecular complexity index is 159. The van der Waals surface area contributed by atoms with Crippen LogP contribution in [0.2, 0.25) is 0 Å². The Morgan fingerprint density at radius 3 is 2.33 bits per heavy atom. The van der Waals surface area contributed by atoms with Gasteiger partial charge in [-0.15, -0.1) is 0 Å². The number of alkyl halides is 3. The van der Waals surface area contributed by atoms with E-state index in [0.29, 0.717) is 6.42 Å². The summed E-state index contributed by atoms with van der Waals surface area (Å²) >= 11 is 0. The highest BCUT2D eigenvalue weighted by Crippen LogP contribution is 2.18. The second-order valence-corrected chi connectivity index (χ2v) is 4.38. The molecule has 0 bridgehead atoms. The smallest absolute Gasteiger partial charge is 0.330 e. The molecule has 0 aliphatic heterocycles. The lowest BCUT2D eigenvalue weighted by molar-refractivity contribution is -0.105. The van der Waals surface area contributed by atoms with Gasteiger partial charge in [0.05, 0.1) is 0 Å². The van der Waals surface area contributed by atoms with Gasteiger partial charge in [0.1, 0.15) is 5.75 Å². The largest absolute Gasteiger partial charge is 0.400 e. The molecule has 0 aliphatic carbocycles. The van der Waals surface area contributed by atoms with E-state index in [4.69, 9.17) is 5.73 Å². The van der Waals surface area contributed by atoms with Crippen LogP contribution in [0.3, 0.4) is 0 Å². The Morgan fingerprint density at radius 2 is 2.00 bits per heavy atom. The third-order valence-corrected chi connectivity index (χ3v) is 3.07. The van der Waals surface area contributed by atoms with Crippen LogP contribution >= 0.6 is 0 Å². The zero-order chi connectivity index (χ0) is 9.78. The number of halogens is 3. The van der Waals surface area contributed by atoms with E-state index in [1.807, 2.05) is 0 Å². The first-order valence-electron chi connectivity index (χ1n) is 3.51. The maximum atomic E-state index is 11.7. The van der Waals surface area contributed by atoms with Crippen molar-refractivity contribution in [2.45, 2.75) is 24.8 Å². The second kappa shape index (κ2) is 4.81. The van der Waals surface area contributed by atoms with Gasteiger partial charge >= 0.3 is 6.18 Å². The SMILES string of the molecule is CC(CCN)S(=O)CC(F)(F)F. The maximum absolute atomic E-state index is 11.7. The Hall–Kier alpha value is -0.100. The van der Waals surface area contributed by atoms with Crippen LogP contribution in [0.4, 0.5) is 13.2 Å². The summed E-state index contributed by atoms with van der Waals surface area (Å²) in [6.45, 7) is 1.78. The standard InChI is InChI=1S/C6H12F3NOS/c1-5(2-3-10)12(11)4-6(7,8)9/h5H,2-4,10H2,1H3. The summed E-state index contributed by atoms with van der Waals surface area (Å²) in [5.74, 6) is -1.23. The lowest BCUT2D eigenvalue weighted by Crippen LogP contribution is -2.26. The van der Waals surface area contributed by atoms with Crippen molar-refractivity contribution in [1.82, 2.24) is 0 Å². The van der Waals surface area contributed by atoms with Crippen LogP contribution in [0.25, 0.3) is 0 Å². The molecule has 0 radical (unpaired) electrons. The summed E-state index contributed by atoms with van der Waals surface area (Å²) in [6, 6.07) is 0. The molecule has 0 amide bonds. The summed E-state index contributed by atoms with van der Waals surface area (Å²) in [5.41, 5.74) is 5.12. The molecule has 6 heteroatoms. The van der Waals surface area contributed by atoms with Crippen LogP contribution in [0.5, 0.6) is 0 Å². The van der Waals surface area contributed by atoms with Gasteiger partial charge in [0.2, 0.25) is 0 Å². The maximum Gasteiger partial charge on any atom is 0.400 e. The molecule has 2 nitrogen and oxygen atoms in total. The predicted molar refractivity (Wildman–Crippen MR) is 42.2 cm³/mol. The molecule has 2 unspecified atom stereocenters. The molecule has 0 rings (SSSR count). The minimum absolute atomic E-state index is 0.269. The molecule has 0 saturated heterocycles. The molecule has 0 fully saturated rings. The molecule has 12 heavy (non-hydrogen) atoms. The zero-order valence-electron chi connectivity index (χ0n) is 6.73. The van der Waals surface area contributed by atoms with Crippen molar-refractivity contribution in [1.29, 1.82) is 0 Å². The number of hydrogen-bond donors (Lipinski definition) is 1. The van der Waals surface area contributed by atoms with Crippen molar-refractivity contribution in [3.8, 4) is 0 Å². The first-order chi connectivity index (χ1) is 5.37. The van der Waals surface area contributed by atoms with Gasteiger partial charge in [0.25, 0.3) is 0 Å². The van der Waals surface area contributed by atoms with Gasteiger partial charge in [-0.2, -0.15) is 13.2 Å². The Kier molecular flexibility index (Phi) is 4.77. The highest BCUT2D eigenvalue weighted by molar-refractivity contribution is 7.85. The third-order valence-electron chi connectivity index (χ3n) is 1.33. The van der Waals surface area contributed by atoms with Crippen molar-refractivity contribution in [2.75, 3.05) is 12.3 Å². The fourth-order valence-corrected chi connectivity index (χ4v) is 1.68. The minimum Gasteiger partial charge on any atom is -0.330 e. The van der Waals surface area contributed by atoms with E-state index in [9.17, 15) is 17.4 Å². The van der Waals surface area contributed by atoms with Crippen LogP contribution in [0, 0.1) is 0 Å². The first-order valence-corrected chi connectivity index (χ1v) is 4.89. The average Bonchev–Trinajstić information content (AvgIpc) is 1.84. The molecule has 0 aromatic heterocycles. The van der Waals surface area contributed by atoms with Gasteiger partial charge in [-0.25, -0.2) is 0 Å². The first kappa shape index (κ1) is 11.9. The molecule has 0 heterocycles. The molecule has 0 aromatic rings. The molecule has 0 aromatic carbocycles. The molecule has 0 spiro atoms. The van der Waals surface area contributed by atoms with Gasteiger partial charge in [0, 0.05) is 16.0 Å². The van der Waals surface area contributed by atoms with E-state index in [2.05, 4.69) is 0 Å². The van der Waals surface area contributed by atoms with E-state index in [1.165, 1.54) is 6.92 Å². The normalized spacial score (nSPS) is 17.4. The monoisotopic (exact) mass is 203 g/mol. The predicted octanol–water partition coefficient (Wildman–Crippen LogP) is 1.03. The highest BCUT2D eigenvalue weighted by atomic mass is 32.2. The van der Waals surface area contributed by atoms with Crippen LogP contribution in [-0.2, 0) is 10.8 Å². The lowest BCUT2D eigenvalue weighted by atomic mass is 10.3. The van der Waals surface area contributed by atoms with E-state index in [1.54, 1.807) is 0 Å². The Labute approximate surface area is 71.8 Å². The van der Waals surface area contributed by atoms with E-state index in [0.717, 1.165) is 0 Å². The van der Waals surface area contributed by atoms with Crippen LogP contribution in [0.15, 0.2) is 0 Å². The molecular formula is C6H12F3NOS. The fraction of sp³-hybridized carbons (Fsp3) is 1.00. The van der Waals surface area contributed by atoms with Gasteiger partial charge < -0.3 is 5.73 Å². The lowest BCUT2D eigenvalue weighted by Gasteiger charge is -2.11. The quantitative estimate of drug-likeness (QED) is 0.741. The Balaban J connectivity index is 3.87. The summed E-state index contributed by atoms with van der Waals surface area (Å²) in [7, 11) is -1.84. The van der Waals surface area contributed by atoms with Crippen molar-refractivity contribution >= 4 is 10.8 Å². The Morgan fingerprint density at radius 1 is 1.50 bits per heavy atom. The number of nitrogens with two attached hydrogens (primary N) is 1. The van der Waals surface area contributed by atoms with Crippen LogP contribution < -0.4 is 5.73 Å².